The molecule has 0 amide bonds. The lowest BCUT2D eigenvalue weighted by atomic mass is 10.00. The maximum Gasteiger partial charge on any atom is 0.0822 e. The quantitative estimate of drug-likeness (QED) is 0.896. The molecule has 0 aliphatic carbocycles. The fourth-order valence-corrected chi connectivity index (χ4v) is 3.47. The Balaban J connectivity index is 1.55. The van der Waals surface area contributed by atoms with Crippen LogP contribution in [0.5, 0.6) is 0 Å². The molecule has 3 nitrogen and oxygen atoms in total. The van der Waals surface area contributed by atoms with Crippen LogP contribution >= 0.6 is 0 Å². The van der Waals surface area contributed by atoms with Crippen molar-refractivity contribution in [2.45, 2.75) is 38.0 Å². The molecule has 1 N–H and O–H groups in total. The molecule has 19 heavy (non-hydrogen) atoms. The first kappa shape index (κ1) is 13.1. The lowest BCUT2D eigenvalue weighted by Crippen LogP contribution is -2.53. The maximum absolute atomic E-state index is 10.4. The Hall–Kier alpha value is -0.900. The average molecular weight is 260 g/mol. The van der Waals surface area contributed by atoms with Gasteiger partial charge in [-0.05, 0) is 37.9 Å². The Bertz CT molecular complexity index is 389. The van der Waals surface area contributed by atoms with Crippen LogP contribution in [0.15, 0.2) is 30.3 Å². The number of β-amino-alcohol motifs (C(OH)–C–C–N with tert-alkyl or cyclic N) is 1. The van der Waals surface area contributed by atoms with Crippen LogP contribution in [0.4, 0.5) is 0 Å². The van der Waals surface area contributed by atoms with Crippen molar-refractivity contribution in [1.29, 1.82) is 0 Å². The predicted molar refractivity (Wildman–Crippen MR) is 76.9 cm³/mol. The first-order valence-corrected chi connectivity index (χ1v) is 7.51. The number of likely N-dealkylation sites (tertiary alicyclic amines) is 2. The maximum atomic E-state index is 10.4. The number of hydrogen-bond acceptors (Lipinski definition) is 3. The Morgan fingerprint density at radius 3 is 2.47 bits per heavy atom. The van der Waals surface area contributed by atoms with Crippen LogP contribution in [0.25, 0.3) is 0 Å². The molecule has 2 aliphatic rings. The van der Waals surface area contributed by atoms with Crippen molar-refractivity contribution in [3.63, 3.8) is 0 Å². The zero-order valence-corrected chi connectivity index (χ0v) is 11.5. The summed E-state index contributed by atoms with van der Waals surface area (Å²) >= 11 is 0. The first-order chi connectivity index (χ1) is 9.33. The van der Waals surface area contributed by atoms with E-state index in [1.54, 1.807) is 0 Å². The third-order valence-corrected chi connectivity index (χ3v) is 4.49. The highest BCUT2D eigenvalue weighted by Crippen LogP contribution is 2.22. The number of piperidine rings is 1. The van der Waals surface area contributed by atoms with Crippen molar-refractivity contribution in [1.82, 2.24) is 9.80 Å². The second-order valence-corrected chi connectivity index (χ2v) is 5.89. The Morgan fingerprint density at radius 1 is 1.05 bits per heavy atom. The number of rotatable bonds is 3. The summed E-state index contributed by atoms with van der Waals surface area (Å²) in [6, 6.07) is 11.0. The van der Waals surface area contributed by atoms with Gasteiger partial charge in [-0.15, -0.1) is 0 Å². The number of aliphatic hydroxyl groups excluding tert-OH is 1. The van der Waals surface area contributed by atoms with Gasteiger partial charge in [0.1, 0.15) is 0 Å². The fourth-order valence-electron chi connectivity index (χ4n) is 3.47. The molecule has 2 saturated heterocycles. The van der Waals surface area contributed by atoms with E-state index in [9.17, 15) is 5.11 Å². The molecule has 1 aromatic rings. The number of benzene rings is 1. The predicted octanol–water partition coefficient (Wildman–Crippen LogP) is 1.72. The van der Waals surface area contributed by atoms with E-state index < -0.39 is 0 Å². The average Bonchev–Trinajstić information content (AvgIpc) is 2.94. The second-order valence-electron chi connectivity index (χ2n) is 5.89. The fraction of sp³-hybridized carbons (Fsp3) is 0.625. The standard InChI is InChI=1S/C16H24N2O/c19-16-13-17(12-14-6-2-1-3-7-14)11-8-15(16)18-9-4-5-10-18/h1-3,6-7,15-16,19H,4-5,8-13H2. The Labute approximate surface area is 115 Å². The van der Waals surface area contributed by atoms with Gasteiger partial charge in [0.05, 0.1) is 6.10 Å². The molecule has 104 valence electrons. The molecule has 1 aromatic carbocycles. The first-order valence-electron chi connectivity index (χ1n) is 7.51. The zero-order chi connectivity index (χ0) is 13.1. The summed E-state index contributed by atoms with van der Waals surface area (Å²) in [6.07, 6.45) is 3.53. The van der Waals surface area contributed by atoms with E-state index in [0.29, 0.717) is 6.04 Å². The van der Waals surface area contributed by atoms with E-state index in [4.69, 9.17) is 0 Å². The van der Waals surface area contributed by atoms with Gasteiger partial charge in [-0.2, -0.15) is 0 Å². The topological polar surface area (TPSA) is 26.7 Å². The minimum atomic E-state index is -0.185. The molecule has 3 rings (SSSR count). The van der Waals surface area contributed by atoms with Crippen molar-refractivity contribution in [2.75, 3.05) is 26.2 Å². The molecule has 0 radical (unpaired) electrons. The van der Waals surface area contributed by atoms with Gasteiger partial charge in [-0.25, -0.2) is 0 Å². The van der Waals surface area contributed by atoms with E-state index >= 15 is 0 Å². The van der Waals surface area contributed by atoms with Crippen LogP contribution in [-0.4, -0.2) is 53.2 Å². The van der Waals surface area contributed by atoms with E-state index in [0.717, 1.165) is 26.1 Å². The zero-order valence-electron chi connectivity index (χ0n) is 11.5. The minimum Gasteiger partial charge on any atom is -0.390 e. The molecule has 2 atom stereocenters. The summed E-state index contributed by atoms with van der Waals surface area (Å²) in [5, 5.41) is 10.4. The largest absolute Gasteiger partial charge is 0.390 e. The summed E-state index contributed by atoms with van der Waals surface area (Å²) < 4.78 is 0. The summed E-state index contributed by atoms with van der Waals surface area (Å²) in [6.45, 7) is 5.24. The van der Waals surface area contributed by atoms with Gasteiger partial charge in [0.15, 0.2) is 0 Å². The third-order valence-electron chi connectivity index (χ3n) is 4.49. The normalized spacial score (nSPS) is 29.7. The molecule has 2 heterocycles. The molecular weight excluding hydrogens is 236 g/mol. The molecule has 3 heteroatoms. The second kappa shape index (κ2) is 6.04. The van der Waals surface area contributed by atoms with Crippen LogP contribution in [0.1, 0.15) is 24.8 Å². The highest BCUT2D eigenvalue weighted by atomic mass is 16.3. The van der Waals surface area contributed by atoms with E-state index in [-0.39, 0.29) is 6.10 Å². The number of nitrogens with zero attached hydrogens (tertiary/aromatic N) is 2. The lowest BCUT2D eigenvalue weighted by molar-refractivity contribution is -0.00739. The Kier molecular flexibility index (Phi) is 4.16. The molecule has 0 aromatic heterocycles. The van der Waals surface area contributed by atoms with Crippen LogP contribution < -0.4 is 0 Å². The van der Waals surface area contributed by atoms with Gasteiger partial charge in [-0.3, -0.25) is 9.80 Å². The molecule has 2 unspecified atom stereocenters. The van der Waals surface area contributed by atoms with E-state index in [1.165, 1.54) is 31.5 Å². The number of hydrogen-bond donors (Lipinski definition) is 1. The van der Waals surface area contributed by atoms with Gasteiger partial charge >= 0.3 is 0 Å². The van der Waals surface area contributed by atoms with Crippen LogP contribution in [0.3, 0.4) is 0 Å². The van der Waals surface area contributed by atoms with E-state index in [1.807, 2.05) is 0 Å². The monoisotopic (exact) mass is 260 g/mol. The molecule has 2 fully saturated rings. The summed E-state index contributed by atoms with van der Waals surface area (Å²) in [5.41, 5.74) is 1.34. The van der Waals surface area contributed by atoms with Gasteiger partial charge in [0, 0.05) is 25.7 Å². The van der Waals surface area contributed by atoms with Gasteiger partial charge in [0.25, 0.3) is 0 Å². The van der Waals surface area contributed by atoms with Crippen LogP contribution in [0, 0.1) is 0 Å². The van der Waals surface area contributed by atoms with Crippen molar-refractivity contribution in [2.24, 2.45) is 0 Å². The molecule has 2 aliphatic heterocycles. The highest BCUT2D eigenvalue weighted by molar-refractivity contribution is 5.14. The van der Waals surface area contributed by atoms with Crippen LogP contribution in [0.2, 0.25) is 0 Å². The van der Waals surface area contributed by atoms with Crippen LogP contribution in [-0.2, 0) is 6.54 Å². The van der Waals surface area contributed by atoms with Crippen molar-refractivity contribution < 1.29 is 5.11 Å². The van der Waals surface area contributed by atoms with Crippen molar-refractivity contribution >= 4 is 0 Å². The Morgan fingerprint density at radius 2 is 1.79 bits per heavy atom. The molecule has 0 bridgehead atoms. The van der Waals surface area contributed by atoms with Crippen molar-refractivity contribution in [3.05, 3.63) is 35.9 Å². The highest BCUT2D eigenvalue weighted by Gasteiger charge is 2.32. The molecule has 0 saturated carbocycles. The van der Waals surface area contributed by atoms with Gasteiger partial charge in [-0.1, -0.05) is 30.3 Å². The third kappa shape index (κ3) is 3.16. The molecular formula is C16H24N2O. The SMILES string of the molecule is OC1CN(Cc2ccccc2)CCC1N1CCCC1. The smallest absolute Gasteiger partial charge is 0.0822 e. The molecule has 0 spiro atoms. The number of aliphatic hydroxyl groups is 1. The minimum absolute atomic E-state index is 0.185. The lowest BCUT2D eigenvalue weighted by Gasteiger charge is -2.40. The van der Waals surface area contributed by atoms with Crippen molar-refractivity contribution in [3.8, 4) is 0 Å². The summed E-state index contributed by atoms with van der Waals surface area (Å²) in [4.78, 5) is 4.87. The van der Waals surface area contributed by atoms with Gasteiger partial charge in [0.2, 0.25) is 0 Å². The van der Waals surface area contributed by atoms with E-state index in [2.05, 4.69) is 40.1 Å². The van der Waals surface area contributed by atoms with Gasteiger partial charge < -0.3 is 5.11 Å². The summed E-state index contributed by atoms with van der Waals surface area (Å²) in [5.74, 6) is 0. The summed E-state index contributed by atoms with van der Waals surface area (Å²) in [7, 11) is 0.